The molecule has 2 aromatic carbocycles. The normalized spacial score (nSPS) is 14.3. The van der Waals surface area contributed by atoms with Crippen molar-refractivity contribution in [1.29, 1.82) is 0 Å². The van der Waals surface area contributed by atoms with E-state index >= 15 is 0 Å². The van der Waals surface area contributed by atoms with Crippen LogP contribution >= 0.6 is 23.2 Å². The molecule has 0 saturated heterocycles. The number of benzene rings is 2. The second-order valence-corrected chi connectivity index (χ2v) is 7.92. The molecule has 0 radical (unpaired) electrons. The third-order valence-corrected chi connectivity index (χ3v) is 6.80. The zero-order chi connectivity index (χ0) is 16.8. The number of rotatable bonds is 2. The molecule has 0 aliphatic carbocycles. The van der Waals surface area contributed by atoms with Gasteiger partial charge in [0.1, 0.15) is 17.3 Å². The summed E-state index contributed by atoms with van der Waals surface area (Å²) in [6, 6.07) is 8.71. The van der Waals surface area contributed by atoms with E-state index in [-0.39, 0.29) is 23.1 Å². The first-order chi connectivity index (χ1) is 10.8. The molecule has 23 heavy (non-hydrogen) atoms. The fourth-order valence-electron chi connectivity index (χ4n) is 2.62. The Morgan fingerprint density at radius 1 is 1.17 bits per heavy atom. The first-order valence-corrected chi connectivity index (χ1v) is 9.23. The molecule has 0 saturated carbocycles. The molecule has 0 amide bonds. The standard InChI is InChI=1S/C16H15Cl2NO3S/c1-10-9-12(17)11(2)16(15(10)18)23(20,21)19-7-8-22-14-6-4-3-5-13(14)19/h3-6,9H,7-8H2,1-2H3. The number of hydrogen-bond acceptors (Lipinski definition) is 3. The van der Waals surface area contributed by atoms with Crippen LogP contribution < -0.4 is 9.04 Å². The number of ether oxygens (including phenoxy) is 1. The predicted molar refractivity (Wildman–Crippen MR) is 92.4 cm³/mol. The van der Waals surface area contributed by atoms with Crippen molar-refractivity contribution >= 4 is 38.9 Å². The zero-order valence-electron chi connectivity index (χ0n) is 12.6. The summed E-state index contributed by atoms with van der Waals surface area (Å²) in [6.45, 7) is 3.90. The summed E-state index contributed by atoms with van der Waals surface area (Å²) >= 11 is 12.5. The Bertz CT molecular complexity index is 855. The SMILES string of the molecule is Cc1cc(Cl)c(C)c(S(=O)(=O)N2CCOc3ccccc32)c1Cl. The van der Waals surface area contributed by atoms with E-state index in [1.165, 1.54) is 4.31 Å². The van der Waals surface area contributed by atoms with E-state index in [2.05, 4.69) is 0 Å². The molecule has 0 unspecified atom stereocenters. The maximum Gasteiger partial charge on any atom is 0.266 e. The van der Waals surface area contributed by atoms with Crippen LogP contribution in [0.1, 0.15) is 11.1 Å². The minimum absolute atomic E-state index is 0.0564. The quantitative estimate of drug-likeness (QED) is 0.794. The van der Waals surface area contributed by atoms with Crippen LogP contribution in [0.5, 0.6) is 5.75 Å². The van der Waals surface area contributed by atoms with Crippen molar-refractivity contribution in [3.05, 3.63) is 51.5 Å². The van der Waals surface area contributed by atoms with Crippen LogP contribution in [0.3, 0.4) is 0 Å². The summed E-state index contributed by atoms with van der Waals surface area (Å²) in [4.78, 5) is 0.0564. The Kier molecular flexibility index (Phi) is 4.21. The number of nitrogens with zero attached hydrogens (tertiary/aromatic N) is 1. The molecule has 0 atom stereocenters. The topological polar surface area (TPSA) is 46.6 Å². The summed E-state index contributed by atoms with van der Waals surface area (Å²) in [5.41, 5.74) is 1.58. The molecule has 0 spiro atoms. The molecule has 0 N–H and O–H groups in total. The number of aryl methyl sites for hydroxylation is 1. The van der Waals surface area contributed by atoms with Crippen molar-refractivity contribution in [2.75, 3.05) is 17.5 Å². The Hall–Kier alpha value is -1.43. The van der Waals surface area contributed by atoms with Crippen LogP contribution in [0.15, 0.2) is 35.2 Å². The second kappa shape index (κ2) is 5.89. The third kappa shape index (κ3) is 2.67. The molecule has 122 valence electrons. The number of anilines is 1. The number of fused-ring (bicyclic) bond motifs is 1. The van der Waals surface area contributed by atoms with Gasteiger partial charge >= 0.3 is 0 Å². The lowest BCUT2D eigenvalue weighted by molar-refractivity contribution is 0.316. The van der Waals surface area contributed by atoms with Crippen molar-refractivity contribution in [1.82, 2.24) is 0 Å². The molecular formula is C16H15Cl2NO3S. The molecule has 1 aliphatic heterocycles. The van der Waals surface area contributed by atoms with Gasteiger partial charge in [0.15, 0.2) is 0 Å². The van der Waals surface area contributed by atoms with E-state index in [4.69, 9.17) is 27.9 Å². The maximum atomic E-state index is 13.2. The van der Waals surface area contributed by atoms with Gasteiger partial charge in [-0.3, -0.25) is 4.31 Å². The van der Waals surface area contributed by atoms with Gasteiger partial charge in [0.05, 0.1) is 17.3 Å². The highest BCUT2D eigenvalue weighted by molar-refractivity contribution is 7.93. The monoisotopic (exact) mass is 371 g/mol. The fourth-order valence-corrected chi connectivity index (χ4v) is 5.26. The second-order valence-electron chi connectivity index (χ2n) is 5.34. The minimum atomic E-state index is -3.84. The first kappa shape index (κ1) is 16.4. The summed E-state index contributed by atoms with van der Waals surface area (Å²) in [6.07, 6.45) is 0. The highest BCUT2D eigenvalue weighted by Crippen LogP contribution is 2.40. The molecule has 0 aromatic heterocycles. The van der Waals surface area contributed by atoms with Crippen LogP contribution in [0.2, 0.25) is 10.0 Å². The predicted octanol–water partition coefficient (Wildman–Crippen LogP) is 4.20. The molecule has 2 aromatic rings. The number of hydrogen-bond donors (Lipinski definition) is 0. The molecule has 0 fully saturated rings. The van der Waals surface area contributed by atoms with Crippen LogP contribution in [-0.2, 0) is 10.0 Å². The molecule has 0 bridgehead atoms. The zero-order valence-corrected chi connectivity index (χ0v) is 15.0. The van der Waals surface area contributed by atoms with E-state index in [1.807, 2.05) is 0 Å². The van der Waals surface area contributed by atoms with Crippen LogP contribution in [-0.4, -0.2) is 21.6 Å². The van der Waals surface area contributed by atoms with E-state index < -0.39 is 10.0 Å². The summed E-state index contributed by atoms with van der Waals surface area (Å²) < 4.78 is 33.3. The van der Waals surface area contributed by atoms with E-state index in [0.717, 1.165) is 0 Å². The molecule has 1 heterocycles. The smallest absolute Gasteiger partial charge is 0.266 e. The van der Waals surface area contributed by atoms with Crippen LogP contribution in [0.25, 0.3) is 0 Å². The Balaban J connectivity index is 2.23. The summed E-state index contributed by atoms with van der Waals surface area (Å²) in [5, 5.41) is 0.586. The fraction of sp³-hybridized carbons (Fsp3) is 0.250. The van der Waals surface area contributed by atoms with Crippen molar-refractivity contribution < 1.29 is 13.2 Å². The molecular weight excluding hydrogens is 357 g/mol. The molecule has 3 rings (SSSR count). The van der Waals surface area contributed by atoms with Crippen LogP contribution in [0, 0.1) is 13.8 Å². The van der Waals surface area contributed by atoms with Crippen molar-refractivity contribution in [2.24, 2.45) is 0 Å². The first-order valence-electron chi connectivity index (χ1n) is 7.04. The Morgan fingerprint density at radius 2 is 1.87 bits per heavy atom. The van der Waals surface area contributed by atoms with Crippen molar-refractivity contribution in [3.8, 4) is 5.75 Å². The van der Waals surface area contributed by atoms with Gasteiger partial charge in [-0.2, -0.15) is 0 Å². The van der Waals surface area contributed by atoms with Gasteiger partial charge in [-0.05, 0) is 43.2 Å². The van der Waals surface area contributed by atoms with E-state index in [1.54, 1.807) is 44.2 Å². The minimum Gasteiger partial charge on any atom is -0.489 e. The number of para-hydroxylation sites is 2. The molecule has 4 nitrogen and oxygen atoms in total. The maximum absolute atomic E-state index is 13.2. The van der Waals surface area contributed by atoms with Gasteiger partial charge < -0.3 is 4.74 Å². The highest BCUT2D eigenvalue weighted by atomic mass is 35.5. The number of sulfonamides is 1. The lowest BCUT2D eigenvalue weighted by atomic mass is 10.2. The van der Waals surface area contributed by atoms with E-state index in [9.17, 15) is 8.42 Å². The van der Waals surface area contributed by atoms with Gasteiger partial charge in [0, 0.05) is 5.02 Å². The number of halogens is 2. The average molecular weight is 372 g/mol. The molecule has 1 aliphatic rings. The van der Waals surface area contributed by atoms with Crippen LogP contribution in [0.4, 0.5) is 5.69 Å². The summed E-state index contributed by atoms with van der Waals surface area (Å²) in [7, 11) is -3.84. The third-order valence-electron chi connectivity index (χ3n) is 3.82. The highest BCUT2D eigenvalue weighted by Gasteiger charge is 2.33. The van der Waals surface area contributed by atoms with Crippen molar-refractivity contribution in [3.63, 3.8) is 0 Å². The molecule has 7 heteroatoms. The lowest BCUT2D eigenvalue weighted by Gasteiger charge is -2.31. The van der Waals surface area contributed by atoms with E-state index in [0.29, 0.717) is 27.6 Å². The largest absolute Gasteiger partial charge is 0.489 e. The average Bonchev–Trinajstić information content (AvgIpc) is 2.52. The summed E-state index contributed by atoms with van der Waals surface area (Å²) in [5.74, 6) is 0.537. The van der Waals surface area contributed by atoms with Gasteiger partial charge in [-0.1, -0.05) is 35.3 Å². The van der Waals surface area contributed by atoms with Gasteiger partial charge in [-0.25, -0.2) is 8.42 Å². The lowest BCUT2D eigenvalue weighted by Crippen LogP contribution is -2.38. The van der Waals surface area contributed by atoms with Crippen molar-refractivity contribution in [2.45, 2.75) is 18.7 Å². The Labute approximate surface area is 145 Å². The van der Waals surface area contributed by atoms with Gasteiger partial charge in [-0.15, -0.1) is 0 Å². The van der Waals surface area contributed by atoms with Gasteiger partial charge in [0.25, 0.3) is 10.0 Å². The Morgan fingerprint density at radius 3 is 2.61 bits per heavy atom. The van der Waals surface area contributed by atoms with Gasteiger partial charge in [0.2, 0.25) is 0 Å².